The highest BCUT2D eigenvalue weighted by atomic mass is 32.2. The third-order valence-electron chi connectivity index (χ3n) is 4.33. The zero-order chi connectivity index (χ0) is 17.2. The van der Waals surface area contributed by atoms with Crippen LogP contribution < -0.4 is 10.6 Å². The van der Waals surface area contributed by atoms with Gasteiger partial charge in [-0.3, -0.25) is 4.79 Å². The van der Waals surface area contributed by atoms with E-state index in [1.165, 1.54) is 18.3 Å². The Morgan fingerprint density at radius 3 is 2.92 bits per heavy atom. The Morgan fingerprint density at radius 2 is 2.21 bits per heavy atom. The predicted molar refractivity (Wildman–Crippen MR) is 93.3 cm³/mol. The summed E-state index contributed by atoms with van der Waals surface area (Å²) in [4.78, 5) is 21.7. The highest BCUT2D eigenvalue weighted by Crippen LogP contribution is 2.46. The van der Waals surface area contributed by atoms with Gasteiger partial charge in [-0.05, 0) is 49.3 Å². The third-order valence-corrected chi connectivity index (χ3v) is 5.67. The summed E-state index contributed by atoms with van der Waals surface area (Å²) in [6, 6.07) is 8.15. The van der Waals surface area contributed by atoms with Crippen molar-refractivity contribution in [3.05, 3.63) is 53.6 Å². The van der Waals surface area contributed by atoms with E-state index in [0.29, 0.717) is 5.95 Å². The fourth-order valence-corrected chi connectivity index (χ4v) is 4.29. The molecule has 5 nitrogen and oxygen atoms in total. The molecule has 0 aliphatic carbocycles. The van der Waals surface area contributed by atoms with Crippen molar-refractivity contribution in [1.29, 1.82) is 0 Å². The Bertz CT molecular complexity index is 757. The summed E-state index contributed by atoms with van der Waals surface area (Å²) in [5, 5.41) is 0. The summed E-state index contributed by atoms with van der Waals surface area (Å²) < 4.78 is 13.8. The van der Waals surface area contributed by atoms with Crippen molar-refractivity contribution in [3.8, 4) is 0 Å². The Balaban J connectivity index is 2.09. The zero-order valence-corrected chi connectivity index (χ0v) is 14.2. The summed E-state index contributed by atoms with van der Waals surface area (Å²) in [7, 11) is 0. The molecule has 0 spiro atoms. The molecule has 1 aromatic heterocycles. The fourth-order valence-electron chi connectivity index (χ4n) is 3.19. The fraction of sp³-hybridized carbons (Fsp3) is 0.353. The molecular weight excluding hydrogens is 327 g/mol. The van der Waals surface area contributed by atoms with Crippen molar-refractivity contribution >= 4 is 23.6 Å². The summed E-state index contributed by atoms with van der Waals surface area (Å²) in [5.74, 6) is -0.404. The first-order valence-electron chi connectivity index (χ1n) is 7.78. The summed E-state index contributed by atoms with van der Waals surface area (Å²) in [6.45, 7) is 0.736. The molecule has 1 atom stereocenters. The number of nitrogens with two attached hydrogens (primary N) is 1. The van der Waals surface area contributed by atoms with Crippen LogP contribution in [0.25, 0.3) is 0 Å². The number of rotatable bonds is 4. The topological polar surface area (TPSA) is 72.1 Å². The number of benzene rings is 1. The van der Waals surface area contributed by atoms with Crippen LogP contribution in [-0.2, 0) is 4.87 Å². The average molecular weight is 346 g/mol. The van der Waals surface area contributed by atoms with Gasteiger partial charge in [0.05, 0.1) is 0 Å². The minimum atomic E-state index is -0.587. The van der Waals surface area contributed by atoms with Crippen LogP contribution in [0.4, 0.5) is 10.3 Å². The number of hydrogen-bond acceptors (Lipinski definition) is 5. The van der Waals surface area contributed by atoms with Crippen LogP contribution >= 0.6 is 11.8 Å². The van der Waals surface area contributed by atoms with Crippen LogP contribution in [-0.4, -0.2) is 28.7 Å². The number of halogens is 1. The Kier molecular flexibility index (Phi) is 4.71. The van der Waals surface area contributed by atoms with Gasteiger partial charge in [0.15, 0.2) is 0 Å². The number of carbonyl (C=O) groups excluding carboxylic acids is 1. The molecule has 0 bridgehead atoms. The first-order valence-corrected chi connectivity index (χ1v) is 9.01. The number of nitrogens with zero attached hydrogens (tertiary/aromatic N) is 3. The normalized spacial score (nSPS) is 20.8. The quantitative estimate of drug-likeness (QED) is 0.921. The molecule has 2 heterocycles. The molecule has 2 aromatic rings. The molecule has 7 heteroatoms. The second kappa shape index (κ2) is 6.76. The summed E-state index contributed by atoms with van der Waals surface area (Å²) in [6.07, 6.45) is 6.40. The molecule has 1 aromatic carbocycles. The van der Waals surface area contributed by atoms with Gasteiger partial charge in [0.2, 0.25) is 5.95 Å². The van der Waals surface area contributed by atoms with Gasteiger partial charge in [0.25, 0.3) is 5.91 Å². The number of aromatic nitrogens is 2. The number of piperidine rings is 1. The lowest BCUT2D eigenvalue weighted by molar-refractivity contribution is 0.0995. The number of primary amides is 1. The monoisotopic (exact) mass is 346 g/mol. The van der Waals surface area contributed by atoms with Gasteiger partial charge >= 0.3 is 0 Å². The molecule has 2 N–H and O–H groups in total. The van der Waals surface area contributed by atoms with E-state index in [4.69, 9.17) is 5.73 Å². The van der Waals surface area contributed by atoms with Crippen molar-refractivity contribution in [2.45, 2.75) is 24.1 Å². The number of carbonyl (C=O) groups is 1. The average Bonchev–Trinajstić information content (AvgIpc) is 2.61. The molecule has 0 radical (unpaired) electrons. The molecule has 1 fully saturated rings. The maximum absolute atomic E-state index is 13.8. The SMILES string of the molecule is CSC1(c2cccc(F)c2)CCCCN1c1nccc(C(N)=O)n1. The lowest BCUT2D eigenvalue weighted by atomic mass is 9.94. The Hall–Kier alpha value is -2.15. The molecule has 0 saturated carbocycles. The number of hydrogen-bond donors (Lipinski definition) is 1. The van der Waals surface area contributed by atoms with E-state index >= 15 is 0 Å². The number of thioether (sulfide) groups is 1. The van der Waals surface area contributed by atoms with E-state index in [2.05, 4.69) is 14.9 Å². The van der Waals surface area contributed by atoms with Crippen molar-refractivity contribution in [3.63, 3.8) is 0 Å². The molecule has 3 rings (SSSR count). The van der Waals surface area contributed by atoms with Gasteiger partial charge in [-0.25, -0.2) is 14.4 Å². The van der Waals surface area contributed by atoms with E-state index in [1.807, 2.05) is 12.3 Å². The lowest BCUT2D eigenvalue weighted by Gasteiger charge is -2.46. The van der Waals surface area contributed by atoms with Crippen LogP contribution in [0.2, 0.25) is 0 Å². The lowest BCUT2D eigenvalue weighted by Crippen LogP contribution is -2.48. The minimum absolute atomic E-state index is 0.180. The second-order valence-electron chi connectivity index (χ2n) is 5.71. The van der Waals surface area contributed by atoms with E-state index in [-0.39, 0.29) is 11.5 Å². The van der Waals surface area contributed by atoms with Crippen LogP contribution in [0.5, 0.6) is 0 Å². The van der Waals surface area contributed by atoms with Crippen molar-refractivity contribution in [2.24, 2.45) is 5.73 Å². The van der Waals surface area contributed by atoms with E-state index < -0.39 is 10.8 Å². The molecule has 24 heavy (non-hydrogen) atoms. The van der Waals surface area contributed by atoms with Crippen molar-refractivity contribution in [2.75, 3.05) is 17.7 Å². The highest BCUT2D eigenvalue weighted by Gasteiger charge is 2.41. The third kappa shape index (κ3) is 2.96. The molecule has 126 valence electrons. The summed E-state index contributed by atoms with van der Waals surface area (Å²) in [5.41, 5.74) is 6.40. The Labute approximate surface area is 144 Å². The standard InChI is InChI=1S/C17H19FN4OS/c1-24-17(12-5-4-6-13(18)11-12)8-2-3-10-22(17)16-20-9-7-14(21-16)15(19)23/h4-7,9,11H,2-3,8,10H2,1H3,(H2,19,23). The van der Waals surface area contributed by atoms with E-state index in [0.717, 1.165) is 31.4 Å². The second-order valence-corrected chi connectivity index (χ2v) is 6.80. The van der Waals surface area contributed by atoms with E-state index in [9.17, 15) is 9.18 Å². The van der Waals surface area contributed by atoms with Gasteiger partial charge in [0.1, 0.15) is 16.4 Å². The smallest absolute Gasteiger partial charge is 0.267 e. The first kappa shape index (κ1) is 16.7. The van der Waals surface area contributed by atoms with Crippen LogP contribution in [0.3, 0.4) is 0 Å². The van der Waals surface area contributed by atoms with Gasteiger partial charge < -0.3 is 10.6 Å². The van der Waals surface area contributed by atoms with Crippen LogP contribution in [0.1, 0.15) is 35.3 Å². The first-order chi connectivity index (χ1) is 11.6. The minimum Gasteiger partial charge on any atom is -0.364 e. The van der Waals surface area contributed by atoms with Crippen molar-refractivity contribution < 1.29 is 9.18 Å². The van der Waals surface area contributed by atoms with Gasteiger partial charge in [-0.2, -0.15) is 0 Å². The predicted octanol–water partition coefficient (Wildman–Crippen LogP) is 2.92. The Morgan fingerprint density at radius 1 is 1.38 bits per heavy atom. The number of amides is 1. The molecule has 1 aliphatic rings. The maximum atomic E-state index is 13.8. The molecule has 1 amide bonds. The largest absolute Gasteiger partial charge is 0.364 e. The molecule has 1 unspecified atom stereocenters. The van der Waals surface area contributed by atoms with Crippen LogP contribution in [0.15, 0.2) is 36.5 Å². The maximum Gasteiger partial charge on any atom is 0.267 e. The van der Waals surface area contributed by atoms with Gasteiger partial charge in [0, 0.05) is 12.7 Å². The highest BCUT2D eigenvalue weighted by molar-refractivity contribution is 7.99. The molecular formula is C17H19FN4OS. The van der Waals surface area contributed by atoms with E-state index in [1.54, 1.807) is 23.9 Å². The van der Waals surface area contributed by atoms with Gasteiger partial charge in [-0.15, -0.1) is 11.8 Å². The van der Waals surface area contributed by atoms with Gasteiger partial charge in [-0.1, -0.05) is 12.1 Å². The number of anilines is 1. The molecule has 1 aliphatic heterocycles. The van der Waals surface area contributed by atoms with Crippen LogP contribution in [0, 0.1) is 5.82 Å². The zero-order valence-electron chi connectivity index (χ0n) is 13.4. The van der Waals surface area contributed by atoms with Crippen molar-refractivity contribution in [1.82, 2.24) is 9.97 Å². The molecule has 1 saturated heterocycles. The summed E-state index contributed by atoms with van der Waals surface area (Å²) >= 11 is 1.64.